The Morgan fingerprint density at radius 1 is 0.952 bits per heavy atom. The minimum absolute atomic E-state index is 0.287. The number of nitrogen functional groups attached to an aromatic ring is 1. The van der Waals surface area contributed by atoms with Gasteiger partial charge in [0.05, 0.1) is 5.69 Å². The Morgan fingerprint density at radius 2 is 1.62 bits per heavy atom. The number of anilines is 1. The summed E-state index contributed by atoms with van der Waals surface area (Å²) in [5.41, 5.74) is 9.25. The highest BCUT2D eigenvalue weighted by molar-refractivity contribution is 7.17. The molecule has 0 radical (unpaired) electrons. The van der Waals surface area contributed by atoms with Crippen LogP contribution in [0.25, 0.3) is 21.6 Å². The van der Waals surface area contributed by atoms with Gasteiger partial charge in [0.2, 0.25) is 0 Å². The first-order valence-corrected chi connectivity index (χ1v) is 7.16. The zero-order valence-electron chi connectivity index (χ0n) is 11.0. The van der Waals surface area contributed by atoms with Crippen LogP contribution >= 0.6 is 11.3 Å². The predicted molar refractivity (Wildman–Crippen MR) is 84.3 cm³/mol. The Kier molecular flexibility index (Phi) is 3.43. The van der Waals surface area contributed by atoms with Crippen molar-refractivity contribution >= 4 is 17.0 Å². The second-order valence-corrected chi connectivity index (χ2v) is 5.55. The van der Waals surface area contributed by atoms with E-state index >= 15 is 0 Å². The number of hydrogen-bond acceptors (Lipinski definition) is 3. The Hall–Kier alpha value is -2.64. The first-order chi connectivity index (χ1) is 10.2. The van der Waals surface area contributed by atoms with Gasteiger partial charge in [0, 0.05) is 10.4 Å². The molecule has 0 atom stereocenters. The molecule has 1 heterocycles. The number of halogens is 1. The predicted octanol–water partition coefficient (Wildman–Crippen LogP) is 4.68. The number of nitrogens with zero attached hydrogens (tertiary/aromatic N) is 1. The van der Waals surface area contributed by atoms with Gasteiger partial charge in [-0.15, -0.1) is 11.3 Å². The van der Waals surface area contributed by atoms with E-state index in [9.17, 15) is 9.65 Å². The fourth-order valence-corrected chi connectivity index (χ4v) is 3.27. The molecule has 0 saturated heterocycles. The van der Waals surface area contributed by atoms with Crippen LogP contribution in [0.5, 0.6) is 0 Å². The molecule has 2 N–H and O–H groups in total. The van der Waals surface area contributed by atoms with Gasteiger partial charge in [0.1, 0.15) is 16.8 Å². The van der Waals surface area contributed by atoms with Crippen molar-refractivity contribution in [2.75, 3.05) is 5.73 Å². The van der Waals surface area contributed by atoms with Crippen molar-refractivity contribution in [3.05, 3.63) is 65.3 Å². The van der Waals surface area contributed by atoms with Crippen LogP contribution in [0, 0.1) is 17.1 Å². The molecule has 0 aliphatic rings. The summed E-state index contributed by atoms with van der Waals surface area (Å²) in [5.74, 6) is -0.287. The molecule has 3 aromatic rings. The van der Waals surface area contributed by atoms with Gasteiger partial charge < -0.3 is 5.73 Å². The average molecular weight is 294 g/mol. The van der Waals surface area contributed by atoms with Crippen LogP contribution in [-0.4, -0.2) is 0 Å². The number of rotatable bonds is 2. The van der Waals surface area contributed by atoms with E-state index in [-0.39, 0.29) is 5.82 Å². The molecule has 0 aliphatic carbocycles. The van der Waals surface area contributed by atoms with E-state index in [1.165, 1.54) is 23.5 Å². The van der Waals surface area contributed by atoms with Gasteiger partial charge in [0.25, 0.3) is 0 Å². The van der Waals surface area contributed by atoms with E-state index in [1.54, 1.807) is 12.1 Å². The van der Waals surface area contributed by atoms with Crippen LogP contribution in [0.4, 0.5) is 10.1 Å². The Morgan fingerprint density at radius 3 is 2.24 bits per heavy atom. The third kappa shape index (κ3) is 2.39. The Balaban J connectivity index is 2.26. The Bertz CT molecular complexity index is 814. The van der Waals surface area contributed by atoms with E-state index in [0.717, 1.165) is 21.6 Å². The fraction of sp³-hybridized carbons (Fsp3) is 0. The lowest BCUT2D eigenvalue weighted by atomic mass is 10.0. The highest BCUT2D eigenvalue weighted by atomic mass is 32.1. The average Bonchev–Trinajstić information content (AvgIpc) is 2.85. The molecule has 21 heavy (non-hydrogen) atoms. The number of nitriles is 1. The maximum atomic E-state index is 13.1. The van der Waals surface area contributed by atoms with Crippen molar-refractivity contribution < 1.29 is 4.39 Å². The van der Waals surface area contributed by atoms with Crippen LogP contribution in [0.1, 0.15) is 4.88 Å². The number of benzene rings is 2. The third-order valence-corrected chi connectivity index (χ3v) is 4.37. The molecule has 0 fully saturated rings. The second-order valence-electron chi connectivity index (χ2n) is 4.53. The molecule has 0 saturated carbocycles. The number of hydrogen-bond donors (Lipinski definition) is 1. The zero-order chi connectivity index (χ0) is 14.8. The zero-order valence-corrected chi connectivity index (χ0v) is 11.8. The van der Waals surface area contributed by atoms with E-state index in [0.29, 0.717) is 10.6 Å². The summed E-state index contributed by atoms with van der Waals surface area (Å²) in [4.78, 5) is 1.36. The minimum Gasteiger partial charge on any atom is -0.396 e. The summed E-state index contributed by atoms with van der Waals surface area (Å²) in [6.45, 7) is 0. The lowest BCUT2D eigenvalue weighted by Crippen LogP contribution is -1.89. The third-order valence-electron chi connectivity index (χ3n) is 3.22. The summed E-state index contributed by atoms with van der Waals surface area (Å²) in [5, 5.41) is 9.21. The van der Waals surface area contributed by atoms with E-state index in [1.807, 2.05) is 30.3 Å². The normalized spacial score (nSPS) is 10.3. The molecule has 1 aromatic heterocycles. The SMILES string of the molecule is N#Cc1sc(-c2ccc(F)cc2)c(-c2ccccc2)c1N. The van der Waals surface area contributed by atoms with E-state index in [4.69, 9.17) is 5.73 Å². The lowest BCUT2D eigenvalue weighted by molar-refractivity contribution is 0.628. The van der Waals surface area contributed by atoms with Crippen molar-refractivity contribution in [1.29, 1.82) is 5.26 Å². The fourth-order valence-electron chi connectivity index (χ4n) is 2.22. The van der Waals surface area contributed by atoms with Crippen LogP contribution in [0.15, 0.2) is 54.6 Å². The van der Waals surface area contributed by atoms with Gasteiger partial charge in [0.15, 0.2) is 0 Å². The molecule has 4 heteroatoms. The molecule has 0 bridgehead atoms. The number of nitrogens with two attached hydrogens (primary N) is 1. The highest BCUT2D eigenvalue weighted by Gasteiger charge is 2.18. The summed E-state index contributed by atoms with van der Waals surface area (Å²) < 4.78 is 13.1. The maximum Gasteiger partial charge on any atom is 0.129 e. The molecule has 2 aromatic carbocycles. The maximum absolute atomic E-state index is 13.1. The molecule has 3 rings (SSSR count). The standard InChI is InChI=1S/C17H11FN2S/c18-13-8-6-12(7-9-13)17-15(11-4-2-1-3-5-11)16(20)14(10-19)21-17/h1-9H,20H2. The largest absolute Gasteiger partial charge is 0.396 e. The molecule has 0 unspecified atom stereocenters. The Labute approximate surface area is 125 Å². The van der Waals surface area contributed by atoms with Crippen LogP contribution in [0.2, 0.25) is 0 Å². The molecular formula is C17H11FN2S. The topological polar surface area (TPSA) is 49.8 Å². The summed E-state index contributed by atoms with van der Waals surface area (Å²) in [6, 6.07) is 18.0. The van der Waals surface area contributed by atoms with Crippen molar-refractivity contribution in [3.8, 4) is 27.6 Å². The molecule has 0 aliphatic heterocycles. The minimum atomic E-state index is -0.287. The molecule has 0 amide bonds. The molecule has 0 spiro atoms. The smallest absolute Gasteiger partial charge is 0.129 e. The molecular weight excluding hydrogens is 283 g/mol. The summed E-state index contributed by atoms with van der Waals surface area (Å²) in [7, 11) is 0. The monoisotopic (exact) mass is 294 g/mol. The van der Waals surface area contributed by atoms with Gasteiger partial charge in [-0.2, -0.15) is 5.26 Å². The van der Waals surface area contributed by atoms with E-state index in [2.05, 4.69) is 6.07 Å². The second kappa shape index (κ2) is 5.39. The van der Waals surface area contributed by atoms with Crippen molar-refractivity contribution in [3.63, 3.8) is 0 Å². The van der Waals surface area contributed by atoms with Gasteiger partial charge in [-0.3, -0.25) is 0 Å². The van der Waals surface area contributed by atoms with Crippen LogP contribution in [-0.2, 0) is 0 Å². The van der Waals surface area contributed by atoms with Gasteiger partial charge in [-0.1, -0.05) is 42.5 Å². The van der Waals surface area contributed by atoms with Gasteiger partial charge >= 0.3 is 0 Å². The van der Waals surface area contributed by atoms with Gasteiger partial charge in [-0.25, -0.2) is 4.39 Å². The van der Waals surface area contributed by atoms with Crippen LogP contribution < -0.4 is 5.73 Å². The van der Waals surface area contributed by atoms with Crippen molar-refractivity contribution in [1.82, 2.24) is 0 Å². The number of thiophene rings is 1. The van der Waals surface area contributed by atoms with Gasteiger partial charge in [-0.05, 0) is 23.3 Å². The first kappa shape index (κ1) is 13.3. The van der Waals surface area contributed by atoms with Crippen molar-refractivity contribution in [2.45, 2.75) is 0 Å². The quantitative estimate of drug-likeness (QED) is 0.746. The highest BCUT2D eigenvalue weighted by Crippen LogP contribution is 2.44. The molecule has 102 valence electrons. The lowest BCUT2D eigenvalue weighted by Gasteiger charge is -2.06. The van der Waals surface area contributed by atoms with E-state index < -0.39 is 0 Å². The van der Waals surface area contributed by atoms with Crippen LogP contribution in [0.3, 0.4) is 0 Å². The summed E-state index contributed by atoms with van der Waals surface area (Å²) >= 11 is 1.33. The first-order valence-electron chi connectivity index (χ1n) is 6.34. The summed E-state index contributed by atoms with van der Waals surface area (Å²) in [6.07, 6.45) is 0. The van der Waals surface area contributed by atoms with Crippen molar-refractivity contribution in [2.24, 2.45) is 0 Å². The molecule has 2 nitrogen and oxygen atoms in total.